The van der Waals surface area contributed by atoms with E-state index in [1.54, 1.807) is 24.3 Å². The van der Waals surface area contributed by atoms with Crippen molar-refractivity contribution in [1.82, 2.24) is 19.5 Å². The van der Waals surface area contributed by atoms with E-state index in [0.29, 0.717) is 23.7 Å². The van der Waals surface area contributed by atoms with Crippen molar-refractivity contribution in [1.29, 1.82) is 0 Å². The third-order valence-corrected chi connectivity index (χ3v) is 4.37. The molecule has 1 aromatic carbocycles. The molecule has 1 aliphatic heterocycles. The minimum absolute atomic E-state index is 0.00473. The molecule has 23 heavy (non-hydrogen) atoms. The lowest BCUT2D eigenvalue weighted by Gasteiger charge is -2.28. The van der Waals surface area contributed by atoms with Crippen molar-refractivity contribution in [2.75, 3.05) is 6.54 Å². The molecule has 0 saturated heterocycles. The minimum Gasteiger partial charge on any atom is -0.334 e. The van der Waals surface area contributed by atoms with E-state index < -0.39 is 0 Å². The molecule has 0 unspecified atom stereocenters. The zero-order chi connectivity index (χ0) is 16.0. The van der Waals surface area contributed by atoms with Crippen LogP contribution in [0.2, 0.25) is 5.02 Å². The quantitative estimate of drug-likeness (QED) is 0.691. The molecular weight excluding hydrogens is 312 g/mol. The van der Waals surface area contributed by atoms with E-state index in [0.717, 1.165) is 29.0 Å². The van der Waals surface area contributed by atoms with Gasteiger partial charge in [-0.3, -0.25) is 4.79 Å². The highest BCUT2D eigenvalue weighted by atomic mass is 35.5. The van der Waals surface area contributed by atoms with Gasteiger partial charge in [0.2, 0.25) is 0 Å². The lowest BCUT2D eigenvalue weighted by Crippen LogP contribution is -2.37. The smallest absolute Gasteiger partial charge is 0.254 e. The normalized spacial score (nSPS) is 14.1. The Morgan fingerprint density at radius 1 is 1.30 bits per heavy atom. The van der Waals surface area contributed by atoms with Crippen LogP contribution in [0.15, 0.2) is 36.5 Å². The molecule has 0 aliphatic carbocycles. The van der Waals surface area contributed by atoms with Gasteiger partial charge in [0.05, 0.1) is 11.4 Å². The number of amides is 1. The second-order valence-electron chi connectivity index (χ2n) is 5.77. The van der Waals surface area contributed by atoms with E-state index >= 15 is 0 Å². The highest BCUT2D eigenvalue weighted by Crippen LogP contribution is 2.22. The molecule has 4 rings (SSSR count). The summed E-state index contributed by atoms with van der Waals surface area (Å²) in [5.74, 6) is -0.00473. The Morgan fingerprint density at radius 2 is 2.17 bits per heavy atom. The fraction of sp³-hybridized carbons (Fsp3) is 0.235. The van der Waals surface area contributed by atoms with Crippen molar-refractivity contribution >= 4 is 23.2 Å². The van der Waals surface area contributed by atoms with E-state index in [1.807, 2.05) is 28.6 Å². The van der Waals surface area contributed by atoms with Gasteiger partial charge in [-0.15, -0.1) is 0 Å². The van der Waals surface area contributed by atoms with Crippen LogP contribution in [0.4, 0.5) is 0 Å². The predicted octanol–water partition coefficient (Wildman–Crippen LogP) is 2.89. The van der Waals surface area contributed by atoms with E-state index in [1.165, 1.54) is 0 Å². The van der Waals surface area contributed by atoms with Gasteiger partial charge in [-0.2, -0.15) is 5.10 Å². The molecule has 5 nitrogen and oxygen atoms in total. The van der Waals surface area contributed by atoms with Crippen LogP contribution >= 0.6 is 11.6 Å². The maximum atomic E-state index is 12.7. The molecule has 0 radical (unpaired) electrons. The molecule has 0 fully saturated rings. The second-order valence-corrected chi connectivity index (χ2v) is 6.21. The molecule has 0 bridgehead atoms. The number of hydrogen-bond acceptors (Lipinski definition) is 3. The van der Waals surface area contributed by atoms with Gasteiger partial charge in [-0.25, -0.2) is 9.50 Å². The number of aromatic nitrogens is 3. The first-order valence-corrected chi connectivity index (χ1v) is 7.87. The largest absolute Gasteiger partial charge is 0.334 e. The molecule has 1 amide bonds. The van der Waals surface area contributed by atoms with Gasteiger partial charge in [-0.1, -0.05) is 17.7 Å². The number of nitrogens with zero attached hydrogens (tertiary/aromatic N) is 4. The van der Waals surface area contributed by atoms with Crippen molar-refractivity contribution in [2.45, 2.75) is 19.9 Å². The van der Waals surface area contributed by atoms with Crippen LogP contribution in [-0.2, 0) is 13.0 Å². The zero-order valence-corrected chi connectivity index (χ0v) is 13.4. The first-order chi connectivity index (χ1) is 11.1. The Labute approximate surface area is 138 Å². The summed E-state index contributed by atoms with van der Waals surface area (Å²) < 4.78 is 1.89. The lowest BCUT2D eigenvalue weighted by atomic mass is 10.1. The summed E-state index contributed by atoms with van der Waals surface area (Å²) in [6.45, 7) is 3.16. The highest BCUT2D eigenvalue weighted by molar-refractivity contribution is 6.30. The molecule has 0 N–H and O–H groups in total. The van der Waals surface area contributed by atoms with Gasteiger partial charge >= 0.3 is 0 Å². The minimum atomic E-state index is -0.00473. The Balaban J connectivity index is 1.66. The number of carbonyl (C=O) groups is 1. The van der Waals surface area contributed by atoms with Gasteiger partial charge < -0.3 is 4.90 Å². The van der Waals surface area contributed by atoms with E-state index in [2.05, 4.69) is 10.1 Å². The van der Waals surface area contributed by atoms with Crippen LogP contribution in [-0.4, -0.2) is 31.9 Å². The molecule has 1 aliphatic rings. The summed E-state index contributed by atoms with van der Waals surface area (Å²) in [5, 5.41) is 5.07. The van der Waals surface area contributed by atoms with Gasteiger partial charge in [0, 0.05) is 47.9 Å². The molecule has 6 heteroatoms. The number of benzene rings is 1. The molecular formula is C17H15ClN4O. The van der Waals surface area contributed by atoms with Gasteiger partial charge in [0.15, 0.2) is 5.65 Å². The highest BCUT2D eigenvalue weighted by Gasteiger charge is 2.24. The van der Waals surface area contributed by atoms with E-state index in [-0.39, 0.29) is 5.91 Å². The van der Waals surface area contributed by atoms with E-state index in [9.17, 15) is 4.79 Å². The van der Waals surface area contributed by atoms with Crippen LogP contribution in [0.3, 0.4) is 0 Å². The van der Waals surface area contributed by atoms with Crippen molar-refractivity contribution in [3.8, 4) is 0 Å². The van der Waals surface area contributed by atoms with E-state index in [4.69, 9.17) is 11.6 Å². The summed E-state index contributed by atoms with van der Waals surface area (Å²) in [6.07, 6.45) is 2.62. The molecule has 0 spiro atoms. The van der Waals surface area contributed by atoms with Crippen molar-refractivity contribution < 1.29 is 4.79 Å². The predicted molar refractivity (Wildman–Crippen MR) is 87.6 cm³/mol. The zero-order valence-electron chi connectivity index (χ0n) is 12.7. The number of fused-ring (bicyclic) bond motifs is 3. The van der Waals surface area contributed by atoms with Crippen molar-refractivity contribution in [3.63, 3.8) is 0 Å². The molecule has 116 valence electrons. The Hall–Kier alpha value is -2.40. The molecule has 3 aromatic rings. The van der Waals surface area contributed by atoms with Crippen LogP contribution in [0.5, 0.6) is 0 Å². The van der Waals surface area contributed by atoms with Crippen LogP contribution in [0.1, 0.15) is 27.3 Å². The summed E-state index contributed by atoms with van der Waals surface area (Å²) in [6, 6.07) is 9.03. The Kier molecular flexibility index (Phi) is 3.31. The van der Waals surface area contributed by atoms with Crippen molar-refractivity contribution in [3.05, 3.63) is 64.1 Å². The number of aryl methyl sites for hydroxylation is 1. The number of rotatable bonds is 1. The maximum Gasteiger partial charge on any atom is 0.254 e. The summed E-state index contributed by atoms with van der Waals surface area (Å²) in [7, 11) is 0. The summed E-state index contributed by atoms with van der Waals surface area (Å²) >= 11 is 5.98. The first-order valence-electron chi connectivity index (χ1n) is 7.50. The molecule has 2 aromatic heterocycles. The Bertz CT molecular complexity index is 918. The van der Waals surface area contributed by atoms with Crippen molar-refractivity contribution in [2.24, 2.45) is 0 Å². The summed E-state index contributed by atoms with van der Waals surface area (Å²) in [4.78, 5) is 18.9. The topological polar surface area (TPSA) is 50.5 Å². The van der Waals surface area contributed by atoms with Gasteiger partial charge in [-0.05, 0) is 25.1 Å². The fourth-order valence-corrected chi connectivity index (χ4v) is 3.22. The monoisotopic (exact) mass is 326 g/mol. The van der Waals surface area contributed by atoms with Crippen LogP contribution < -0.4 is 0 Å². The third kappa shape index (κ3) is 2.47. The SMILES string of the molecule is Cc1cc2ncc3c(n2n1)CCN(C(=O)c1cccc(Cl)c1)C3. The maximum absolute atomic E-state index is 12.7. The average molecular weight is 327 g/mol. The molecule has 3 heterocycles. The number of hydrogen-bond donors (Lipinski definition) is 0. The number of carbonyl (C=O) groups excluding carboxylic acids is 1. The standard InChI is InChI=1S/C17H15ClN4O/c1-11-7-16-19-9-13-10-21(6-5-15(13)22(16)20-11)17(23)12-3-2-4-14(18)8-12/h2-4,7-9H,5-6,10H2,1H3. The molecule has 0 atom stereocenters. The molecule has 0 saturated carbocycles. The second kappa shape index (κ2) is 5.35. The van der Waals surface area contributed by atoms with Gasteiger partial charge in [0.1, 0.15) is 0 Å². The average Bonchev–Trinajstić information content (AvgIpc) is 2.94. The summed E-state index contributed by atoms with van der Waals surface area (Å²) in [5.41, 5.74) is 4.60. The Morgan fingerprint density at radius 3 is 3.00 bits per heavy atom. The van der Waals surface area contributed by atoms with Gasteiger partial charge in [0.25, 0.3) is 5.91 Å². The first kappa shape index (κ1) is 14.2. The number of halogens is 1. The fourth-order valence-electron chi connectivity index (χ4n) is 3.03. The van der Waals surface area contributed by atoms with Crippen LogP contribution in [0.25, 0.3) is 5.65 Å². The lowest BCUT2D eigenvalue weighted by molar-refractivity contribution is 0.0732. The van der Waals surface area contributed by atoms with Crippen LogP contribution in [0, 0.1) is 6.92 Å². The third-order valence-electron chi connectivity index (χ3n) is 4.13.